The average Bonchev–Trinajstić information content (AvgIpc) is 2.70. The topological polar surface area (TPSA) is 60.2 Å². The van der Waals surface area contributed by atoms with Crippen LogP contribution in [0.5, 0.6) is 0 Å². The molecule has 14 heavy (non-hydrogen) atoms. The molecule has 1 aliphatic rings. The monoisotopic (exact) mass is 197 g/mol. The molecule has 1 aliphatic heterocycles. The highest BCUT2D eigenvalue weighted by Gasteiger charge is 2.30. The maximum absolute atomic E-state index is 9.16. The van der Waals surface area contributed by atoms with Gasteiger partial charge >= 0.3 is 0 Å². The van der Waals surface area contributed by atoms with Crippen LogP contribution < -0.4 is 0 Å². The molecule has 78 valence electrons. The number of nitrogens with zero attached hydrogens (tertiary/aromatic N) is 3. The van der Waals surface area contributed by atoms with Gasteiger partial charge in [-0.25, -0.2) is 9.67 Å². The molecule has 0 aliphatic carbocycles. The third-order valence-corrected chi connectivity index (χ3v) is 2.62. The molecular weight excluding hydrogens is 182 g/mol. The number of hydrogen-bond acceptors (Lipinski definition) is 4. The van der Waals surface area contributed by atoms with Crippen LogP contribution in [0, 0.1) is 5.92 Å². The predicted molar refractivity (Wildman–Crippen MR) is 49.7 cm³/mol. The van der Waals surface area contributed by atoms with Crippen molar-refractivity contribution in [2.45, 2.75) is 25.5 Å². The highest BCUT2D eigenvalue weighted by atomic mass is 16.5. The summed E-state index contributed by atoms with van der Waals surface area (Å²) in [6.07, 6.45) is 4.02. The van der Waals surface area contributed by atoms with Crippen molar-refractivity contribution in [3.8, 4) is 0 Å². The van der Waals surface area contributed by atoms with Crippen LogP contribution in [0.4, 0.5) is 0 Å². The lowest BCUT2D eigenvalue weighted by Crippen LogP contribution is -2.38. The fraction of sp³-hybridized carbons (Fsp3) is 0.778. The largest absolute Gasteiger partial charge is 0.394 e. The predicted octanol–water partition coefficient (Wildman–Crippen LogP) is 0.236. The van der Waals surface area contributed by atoms with Gasteiger partial charge in [0.25, 0.3) is 0 Å². The Morgan fingerprint density at radius 3 is 3.14 bits per heavy atom. The Hall–Kier alpha value is -0.940. The van der Waals surface area contributed by atoms with Crippen LogP contribution in [-0.4, -0.2) is 39.2 Å². The van der Waals surface area contributed by atoms with Gasteiger partial charge in [0.05, 0.1) is 12.6 Å². The van der Waals surface area contributed by atoms with Gasteiger partial charge in [-0.2, -0.15) is 5.10 Å². The van der Waals surface area contributed by atoms with Crippen LogP contribution in [0.15, 0.2) is 12.7 Å². The average molecular weight is 197 g/mol. The lowest BCUT2D eigenvalue weighted by Gasteiger charge is -2.33. The maximum Gasteiger partial charge on any atom is 0.137 e. The highest BCUT2D eigenvalue weighted by molar-refractivity contribution is 4.82. The molecule has 5 nitrogen and oxygen atoms in total. The fourth-order valence-corrected chi connectivity index (χ4v) is 1.87. The second-order valence-electron chi connectivity index (χ2n) is 3.84. The lowest BCUT2D eigenvalue weighted by atomic mass is 9.95. The van der Waals surface area contributed by atoms with Gasteiger partial charge in [-0.3, -0.25) is 0 Å². The van der Waals surface area contributed by atoms with Crippen molar-refractivity contribution in [1.29, 1.82) is 0 Å². The smallest absolute Gasteiger partial charge is 0.137 e. The number of rotatable bonds is 2. The number of ether oxygens (including phenoxy) is 1. The van der Waals surface area contributed by atoms with Crippen molar-refractivity contribution in [3.05, 3.63) is 12.7 Å². The maximum atomic E-state index is 9.16. The summed E-state index contributed by atoms with van der Waals surface area (Å²) in [5.41, 5.74) is 0. The molecule has 1 aromatic rings. The summed E-state index contributed by atoms with van der Waals surface area (Å²) in [6, 6.07) is 0.117. The standard InChI is InChI=1S/C9H15N3O2/c1-7-2-8(9(3-13)14-4-7)12-6-10-5-11-12/h5-9,13H,2-4H2,1H3/t7-,8?,9-/m0/s1. The summed E-state index contributed by atoms with van der Waals surface area (Å²) in [5, 5.41) is 13.2. The van der Waals surface area contributed by atoms with Crippen LogP contribution in [0.25, 0.3) is 0 Å². The molecule has 0 aromatic carbocycles. The zero-order valence-corrected chi connectivity index (χ0v) is 8.21. The van der Waals surface area contributed by atoms with Gasteiger partial charge in [0, 0.05) is 6.61 Å². The first-order chi connectivity index (χ1) is 6.81. The van der Waals surface area contributed by atoms with Crippen molar-refractivity contribution >= 4 is 0 Å². The van der Waals surface area contributed by atoms with Crippen molar-refractivity contribution in [1.82, 2.24) is 14.8 Å². The van der Waals surface area contributed by atoms with Crippen molar-refractivity contribution in [2.75, 3.05) is 13.2 Å². The van der Waals surface area contributed by atoms with Gasteiger partial charge in [0.1, 0.15) is 18.8 Å². The summed E-state index contributed by atoms with van der Waals surface area (Å²) in [6.45, 7) is 2.89. The van der Waals surface area contributed by atoms with Crippen LogP contribution in [-0.2, 0) is 4.74 Å². The molecular formula is C9H15N3O2. The third kappa shape index (κ3) is 1.78. The van der Waals surface area contributed by atoms with E-state index < -0.39 is 0 Å². The molecule has 1 fully saturated rings. The molecule has 5 heteroatoms. The van der Waals surface area contributed by atoms with Crippen molar-refractivity contribution in [2.24, 2.45) is 5.92 Å². The Labute approximate surface area is 82.7 Å². The SMILES string of the molecule is C[C@@H]1CO[C@@H](CO)C(n2cncn2)C1. The molecule has 0 saturated carbocycles. The Bertz CT molecular complexity index is 276. The van der Waals surface area contributed by atoms with Crippen LogP contribution in [0.2, 0.25) is 0 Å². The summed E-state index contributed by atoms with van der Waals surface area (Å²) in [7, 11) is 0. The molecule has 0 amide bonds. The molecule has 0 radical (unpaired) electrons. The molecule has 1 N–H and O–H groups in total. The van der Waals surface area contributed by atoms with E-state index in [4.69, 9.17) is 9.84 Å². The summed E-state index contributed by atoms with van der Waals surface area (Å²) < 4.78 is 7.31. The molecule has 1 saturated heterocycles. The van der Waals surface area contributed by atoms with E-state index in [1.54, 1.807) is 11.0 Å². The Morgan fingerprint density at radius 1 is 1.64 bits per heavy atom. The molecule has 1 aromatic heterocycles. The van der Waals surface area contributed by atoms with Gasteiger partial charge in [-0.15, -0.1) is 0 Å². The van der Waals surface area contributed by atoms with E-state index >= 15 is 0 Å². The third-order valence-electron chi connectivity index (χ3n) is 2.62. The Balaban J connectivity index is 2.13. The molecule has 0 bridgehead atoms. The molecule has 2 rings (SSSR count). The van der Waals surface area contributed by atoms with Gasteiger partial charge in [0.2, 0.25) is 0 Å². The summed E-state index contributed by atoms with van der Waals surface area (Å²) in [4.78, 5) is 3.91. The second-order valence-corrected chi connectivity index (χ2v) is 3.84. The Kier molecular flexibility index (Phi) is 2.79. The summed E-state index contributed by atoms with van der Waals surface area (Å²) >= 11 is 0. The van der Waals surface area contributed by atoms with Crippen LogP contribution in [0.1, 0.15) is 19.4 Å². The quantitative estimate of drug-likeness (QED) is 0.737. The zero-order valence-electron chi connectivity index (χ0n) is 8.21. The van der Waals surface area contributed by atoms with E-state index in [-0.39, 0.29) is 18.8 Å². The van der Waals surface area contributed by atoms with E-state index in [1.807, 2.05) is 0 Å². The minimum absolute atomic E-state index is 0.0389. The van der Waals surface area contributed by atoms with Crippen molar-refractivity contribution < 1.29 is 9.84 Å². The molecule has 3 atom stereocenters. The summed E-state index contributed by atoms with van der Waals surface area (Å²) in [5.74, 6) is 0.506. The number of aliphatic hydroxyl groups excluding tert-OH is 1. The van der Waals surface area contributed by atoms with Crippen LogP contribution in [0.3, 0.4) is 0 Å². The number of aliphatic hydroxyl groups is 1. The Morgan fingerprint density at radius 2 is 2.50 bits per heavy atom. The molecule has 1 unspecified atom stereocenters. The van der Waals surface area contributed by atoms with Gasteiger partial charge in [-0.1, -0.05) is 6.92 Å². The highest BCUT2D eigenvalue weighted by Crippen LogP contribution is 2.27. The van der Waals surface area contributed by atoms with Gasteiger partial charge < -0.3 is 9.84 Å². The van der Waals surface area contributed by atoms with E-state index in [9.17, 15) is 0 Å². The lowest BCUT2D eigenvalue weighted by molar-refractivity contribution is -0.0735. The number of aromatic nitrogens is 3. The molecule has 0 spiro atoms. The first-order valence-electron chi connectivity index (χ1n) is 4.88. The normalized spacial score (nSPS) is 33.1. The first-order valence-corrected chi connectivity index (χ1v) is 4.88. The van der Waals surface area contributed by atoms with Gasteiger partial charge in [-0.05, 0) is 12.3 Å². The van der Waals surface area contributed by atoms with E-state index in [0.717, 1.165) is 13.0 Å². The van der Waals surface area contributed by atoms with Crippen LogP contribution >= 0.6 is 0 Å². The zero-order chi connectivity index (χ0) is 9.97. The van der Waals surface area contributed by atoms with E-state index in [0.29, 0.717) is 5.92 Å². The van der Waals surface area contributed by atoms with Crippen molar-refractivity contribution in [3.63, 3.8) is 0 Å². The minimum Gasteiger partial charge on any atom is -0.394 e. The van der Waals surface area contributed by atoms with E-state index in [1.165, 1.54) is 6.33 Å². The fourth-order valence-electron chi connectivity index (χ4n) is 1.87. The molecule has 2 heterocycles. The number of hydrogen-bond donors (Lipinski definition) is 1. The van der Waals surface area contributed by atoms with E-state index in [2.05, 4.69) is 17.0 Å². The minimum atomic E-state index is -0.145. The second kappa shape index (κ2) is 4.06. The first kappa shape index (κ1) is 9.61. The van der Waals surface area contributed by atoms with Gasteiger partial charge in [0.15, 0.2) is 0 Å².